The molecule has 1 aromatic rings. The average molecular weight is 249 g/mol. The van der Waals surface area contributed by atoms with Crippen LogP contribution in [0.15, 0.2) is 18.3 Å². The molecule has 1 fully saturated rings. The van der Waals surface area contributed by atoms with Crippen LogP contribution in [0.1, 0.15) is 31.4 Å². The highest BCUT2D eigenvalue weighted by atomic mass is 16.3. The Balaban J connectivity index is 1.85. The van der Waals surface area contributed by atoms with Crippen LogP contribution in [0.2, 0.25) is 0 Å². The number of anilines is 1. The Bertz CT molecular complexity index is 358. The summed E-state index contributed by atoms with van der Waals surface area (Å²) in [6.07, 6.45) is 3.99. The Hall–Kier alpha value is -1.13. The van der Waals surface area contributed by atoms with E-state index in [4.69, 9.17) is 0 Å². The number of pyridine rings is 1. The van der Waals surface area contributed by atoms with Crippen LogP contribution in [0.3, 0.4) is 0 Å². The van der Waals surface area contributed by atoms with E-state index in [9.17, 15) is 5.11 Å². The maximum absolute atomic E-state index is 9.44. The summed E-state index contributed by atoms with van der Waals surface area (Å²) >= 11 is 0. The normalized spacial score (nSPS) is 17.9. The highest BCUT2D eigenvalue weighted by molar-refractivity contribution is 5.38. The van der Waals surface area contributed by atoms with E-state index in [0.29, 0.717) is 0 Å². The number of aromatic nitrogens is 1. The van der Waals surface area contributed by atoms with Crippen LogP contribution in [0.4, 0.5) is 5.82 Å². The Morgan fingerprint density at radius 2 is 2.11 bits per heavy atom. The highest BCUT2D eigenvalue weighted by Crippen LogP contribution is 2.15. The monoisotopic (exact) mass is 249 g/mol. The summed E-state index contributed by atoms with van der Waals surface area (Å²) < 4.78 is 0. The van der Waals surface area contributed by atoms with Gasteiger partial charge in [-0.15, -0.1) is 0 Å². The molecule has 18 heavy (non-hydrogen) atoms. The molecule has 0 radical (unpaired) electrons. The number of rotatable bonds is 5. The van der Waals surface area contributed by atoms with Gasteiger partial charge in [0.2, 0.25) is 0 Å². The summed E-state index contributed by atoms with van der Waals surface area (Å²) in [4.78, 5) is 9.06. The lowest BCUT2D eigenvalue weighted by molar-refractivity contribution is 0.199. The summed E-state index contributed by atoms with van der Waals surface area (Å²) in [5, 5.41) is 9.44. The molecule has 0 bridgehead atoms. The fraction of sp³-hybridized carbons (Fsp3) is 0.643. The number of likely N-dealkylation sites (tertiary alicyclic amines) is 1. The fourth-order valence-electron chi connectivity index (χ4n) is 2.28. The smallest absolute Gasteiger partial charge is 0.128 e. The Labute approximate surface area is 109 Å². The fourth-order valence-corrected chi connectivity index (χ4v) is 2.28. The molecule has 0 spiro atoms. The predicted octanol–water partition coefficient (Wildman–Crippen LogP) is 1.67. The zero-order valence-corrected chi connectivity index (χ0v) is 11.3. The molecule has 0 aliphatic carbocycles. The number of aliphatic hydroxyl groups is 1. The lowest BCUT2D eigenvalue weighted by Crippen LogP contribution is -2.31. The van der Waals surface area contributed by atoms with Crippen LogP contribution >= 0.6 is 0 Å². The predicted molar refractivity (Wildman–Crippen MR) is 73.8 cm³/mol. The van der Waals surface area contributed by atoms with Crippen molar-refractivity contribution in [3.63, 3.8) is 0 Å². The molecule has 100 valence electrons. The number of likely N-dealkylation sites (N-methyl/N-ethyl adjacent to an activating group) is 1. The third-order valence-electron chi connectivity index (χ3n) is 3.59. The topological polar surface area (TPSA) is 39.6 Å². The van der Waals surface area contributed by atoms with Crippen LogP contribution in [0.5, 0.6) is 0 Å². The first-order valence-corrected chi connectivity index (χ1v) is 6.74. The number of hydrogen-bond donors (Lipinski definition) is 1. The summed E-state index contributed by atoms with van der Waals surface area (Å²) in [6, 6.07) is 3.92. The molecule has 1 saturated heterocycles. The van der Waals surface area contributed by atoms with E-state index in [-0.39, 0.29) is 0 Å². The third kappa shape index (κ3) is 3.43. The van der Waals surface area contributed by atoms with Gasteiger partial charge in [0.15, 0.2) is 0 Å². The van der Waals surface area contributed by atoms with Gasteiger partial charge in [0.1, 0.15) is 5.82 Å². The molecule has 2 heterocycles. The minimum atomic E-state index is -0.443. The van der Waals surface area contributed by atoms with Crippen molar-refractivity contribution in [2.75, 3.05) is 38.1 Å². The molecule has 1 atom stereocenters. The minimum absolute atomic E-state index is 0.443. The first kappa shape index (κ1) is 13.3. The van der Waals surface area contributed by atoms with Gasteiger partial charge in [-0.3, -0.25) is 0 Å². The molecule has 1 N–H and O–H groups in total. The molecular formula is C14H23N3O. The second-order valence-corrected chi connectivity index (χ2v) is 5.10. The second kappa shape index (κ2) is 6.16. The first-order chi connectivity index (χ1) is 8.66. The highest BCUT2D eigenvalue weighted by Gasteiger charge is 2.12. The van der Waals surface area contributed by atoms with Crippen molar-refractivity contribution >= 4 is 5.82 Å². The van der Waals surface area contributed by atoms with E-state index < -0.39 is 6.10 Å². The molecule has 4 heteroatoms. The summed E-state index contributed by atoms with van der Waals surface area (Å²) in [5.74, 6) is 0.971. The van der Waals surface area contributed by atoms with Gasteiger partial charge in [-0.05, 0) is 44.5 Å². The van der Waals surface area contributed by atoms with E-state index in [0.717, 1.165) is 24.5 Å². The van der Waals surface area contributed by atoms with Gasteiger partial charge in [0, 0.05) is 26.3 Å². The van der Waals surface area contributed by atoms with Crippen LogP contribution in [-0.2, 0) is 0 Å². The Morgan fingerprint density at radius 1 is 1.39 bits per heavy atom. The molecule has 0 amide bonds. The van der Waals surface area contributed by atoms with E-state index in [1.807, 2.05) is 12.1 Å². The summed E-state index contributed by atoms with van der Waals surface area (Å²) in [6.45, 7) is 6.34. The van der Waals surface area contributed by atoms with E-state index in [2.05, 4.69) is 21.8 Å². The maximum Gasteiger partial charge on any atom is 0.128 e. The standard InChI is InChI=1S/C14H23N3O/c1-12(18)13-5-6-14(15-11-13)16(2)9-10-17-7-3-4-8-17/h5-6,11-12,18H,3-4,7-10H2,1-2H3/t12-/m1/s1. The van der Waals surface area contributed by atoms with Gasteiger partial charge in [0.05, 0.1) is 6.10 Å². The molecule has 1 aliphatic rings. The molecule has 0 saturated carbocycles. The van der Waals surface area contributed by atoms with Crippen molar-refractivity contribution in [3.05, 3.63) is 23.9 Å². The first-order valence-electron chi connectivity index (χ1n) is 6.74. The van der Waals surface area contributed by atoms with Gasteiger partial charge < -0.3 is 14.9 Å². The zero-order valence-electron chi connectivity index (χ0n) is 11.3. The molecule has 0 unspecified atom stereocenters. The van der Waals surface area contributed by atoms with Gasteiger partial charge in [0.25, 0.3) is 0 Å². The van der Waals surface area contributed by atoms with Crippen molar-refractivity contribution < 1.29 is 5.11 Å². The van der Waals surface area contributed by atoms with E-state index in [1.165, 1.54) is 25.9 Å². The molecule has 1 aliphatic heterocycles. The quantitative estimate of drug-likeness (QED) is 0.861. The van der Waals surface area contributed by atoms with Crippen molar-refractivity contribution in [2.24, 2.45) is 0 Å². The van der Waals surface area contributed by atoms with Crippen LogP contribution < -0.4 is 4.90 Å². The Kier molecular flexibility index (Phi) is 4.55. The lowest BCUT2D eigenvalue weighted by Gasteiger charge is -2.22. The van der Waals surface area contributed by atoms with Gasteiger partial charge in [-0.1, -0.05) is 6.07 Å². The maximum atomic E-state index is 9.44. The van der Waals surface area contributed by atoms with Crippen molar-refractivity contribution in [3.8, 4) is 0 Å². The van der Waals surface area contributed by atoms with Crippen LogP contribution in [0.25, 0.3) is 0 Å². The largest absolute Gasteiger partial charge is 0.389 e. The number of aliphatic hydroxyl groups excluding tert-OH is 1. The Morgan fingerprint density at radius 3 is 2.67 bits per heavy atom. The number of nitrogens with zero attached hydrogens (tertiary/aromatic N) is 3. The number of hydrogen-bond acceptors (Lipinski definition) is 4. The lowest BCUT2D eigenvalue weighted by atomic mass is 10.2. The molecular weight excluding hydrogens is 226 g/mol. The SMILES string of the molecule is C[C@@H](O)c1ccc(N(C)CCN2CCCC2)nc1. The second-order valence-electron chi connectivity index (χ2n) is 5.10. The van der Waals surface area contributed by atoms with Crippen molar-refractivity contribution in [1.29, 1.82) is 0 Å². The van der Waals surface area contributed by atoms with Gasteiger partial charge in [-0.2, -0.15) is 0 Å². The summed E-state index contributed by atoms with van der Waals surface area (Å²) in [5.41, 5.74) is 0.867. The van der Waals surface area contributed by atoms with E-state index >= 15 is 0 Å². The molecule has 0 aromatic carbocycles. The molecule has 1 aromatic heterocycles. The van der Waals surface area contributed by atoms with E-state index in [1.54, 1.807) is 13.1 Å². The minimum Gasteiger partial charge on any atom is -0.389 e. The van der Waals surface area contributed by atoms with Gasteiger partial charge >= 0.3 is 0 Å². The third-order valence-corrected chi connectivity index (χ3v) is 3.59. The average Bonchev–Trinajstić information content (AvgIpc) is 2.89. The van der Waals surface area contributed by atoms with Crippen LogP contribution in [-0.4, -0.2) is 48.2 Å². The zero-order chi connectivity index (χ0) is 13.0. The van der Waals surface area contributed by atoms with Crippen molar-refractivity contribution in [1.82, 2.24) is 9.88 Å². The molecule has 2 rings (SSSR count). The van der Waals surface area contributed by atoms with Crippen molar-refractivity contribution in [2.45, 2.75) is 25.9 Å². The van der Waals surface area contributed by atoms with Gasteiger partial charge in [-0.25, -0.2) is 4.98 Å². The van der Waals surface area contributed by atoms with Crippen LogP contribution in [0, 0.1) is 0 Å². The molecule has 4 nitrogen and oxygen atoms in total. The summed E-state index contributed by atoms with van der Waals surface area (Å²) in [7, 11) is 2.07.